The predicted molar refractivity (Wildman–Crippen MR) is 96.3 cm³/mol. The van der Waals surface area contributed by atoms with Crippen LogP contribution in [-0.4, -0.2) is 30.6 Å². The van der Waals surface area contributed by atoms with E-state index in [1.165, 1.54) is 32.5 Å². The maximum absolute atomic E-state index is 3.51. The molecule has 2 rings (SSSR count). The highest BCUT2D eigenvalue weighted by atomic mass is 15.2. The van der Waals surface area contributed by atoms with Crippen molar-refractivity contribution in [2.75, 3.05) is 19.6 Å². The molecule has 1 heterocycles. The van der Waals surface area contributed by atoms with Crippen LogP contribution in [0.25, 0.3) is 0 Å². The fourth-order valence-electron chi connectivity index (χ4n) is 3.74. The molecule has 0 atom stereocenters. The van der Waals surface area contributed by atoms with E-state index in [2.05, 4.69) is 56.1 Å². The topological polar surface area (TPSA) is 15.3 Å². The minimum atomic E-state index is 0.730. The Morgan fingerprint density at radius 3 is 2.18 bits per heavy atom. The molecule has 2 nitrogen and oxygen atoms in total. The first kappa shape index (κ1) is 17.5. The lowest BCUT2D eigenvalue weighted by atomic mass is 9.95. The van der Waals surface area contributed by atoms with Gasteiger partial charge in [-0.1, -0.05) is 45.9 Å². The van der Waals surface area contributed by atoms with E-state index in [1.54, 1.807) is 16.7 Å². The molecule has 1 aromatic rings. The molecule has 2 heteroatoms. The molecule has 1 fully saturated rings. The number of nitrogens with one attached hydrogen (secondary N) is 1. The second-order valence-corrected chi connectivity index (χ2v) is 7.07. The Hall–Kier alpha value is -0.860. The molecule has 0 amide bonds. The van der Waals surface area contributed by atoms with Crippen molar-refractivity contribution in [2.45, 2.75) is 66.0 Å². The van der Waals surface area contributed by atoms with Gasteiger partial charge in [-0.05, 0) is 61.4 Å². The van der Waals surface area contributed by atoms with Crippen LogP contribution in [0.1, 0.15) is 57.2 Å². The summed E-state index contributed by atoms with van der Waals surface area (Å²) in [5.41, 5.74) is 4.69. The van der Waals surface area contributed by atoms with Crippen LogP contribution in [0, 0.1) is 5.92 Å². The smallest absolute Gasteiger partial charge is 0.0242 e. The predicted octanol–water partition coefficient (Wildman–Crippen LogP) is 4.02. The summed E-state index contributed by atoms with van der Waals surface area (Å²) in [6, 6.07) is 7.63. The van der Waals surface area contributed by atoms with Gasteiger partial charge in [-0.15, -0.1) is 0 Å². The first-order valence-corrected chi connectivity index (χ1v) is 9.20. The third-order valence-electron chi connectivity index (χ3n) is 4.92. The first-order valence-electron chi connectivity index (χ1n) is 9.20. The van der Waals surface area contributed by atoms with Gasteiger partial charge in [0.05, 0.1) is 0 Å². The number of benzene rings is 1. The number of hydrogen-bond acceptors (Lipinski definition) is 2. The minimum Gasteiger partial charge on any atom is -0.317 e. The summed E-state index contributed by atoms with van der Waals surface area (Å²) in [4.78, 5) is 2.76. The van der Waals surface area contributed by atoms with Gasteiger partial charge in [0.25, 0.3) is 0 Å². The van der Waals surface area contributed by atoms with Gasteiger partial charge in [-0.3, -0.25) is 4.90 Å². The van der Waals surface area contributed by atoms with Crippen LogP contribution in [-0.2, 0) is 19.4 Å². The lowest BCUT2D eigenvalue weighted by molar-refractivity contribution is 0.137. The molecule has 0 radical (unpaired) electrons. The van der Waals surface area contributed by atoms with E-state index in [9.17, 15) is 0 Å². The highest BCUT2D eigenvalue weighted by Crippen LogP contribution is 2.23. The van der Waals surface area contributed by atoms with Gasteiger partial charge in [0.1, 0.15) is 0 Å². The van der Waals surface area contributed by atoms with Crippen molar-refractivity contribution in [1.82, 2.24) is 10.2 Å². The Balaban J connectivity index is 2.22. The second kappa shape index (κ2) is 8.69. The van der Waals surface area contributed by atoms with Gasteiger partial charge >= 0.3 is 0 Å². The van der Waals surface area contributed by atoms with Gasteiger partial charge in [-0.25, -0.2) is 0 Å². The molecule has 0 bridgehead atoms. The second-order valence-electron chi connectivity index (χ2n) is 7.07. The average molecular weight is 303 g/mol. The molecule has 1 saturated heterocycles. The minimum absolute atomic E-state index is 0.730. The normalized spacial score (nSPS) is 16.6. The van der Waals surface area contributed by atoms with Crippen LogP contribution in [0.3, 0.4) is 0 Å². The molecule has 124 valence electrons. The standard InChI is InChI=1S/C20H34N2/c1-5-17-8-7-9-18(6-2)20(17)15-22(14-16(3)4)19-10-12-21-13-11-19/h7-9,16,19,21H,5-6,10-15H2,1-4H3. The molecule has 1 aromatic carbocycles. The number of rotatable bonds is 7. The molecule has 22 heavy (non-hydrogen) atoms. The molecule has 0 aromatic heterocycles. The first-order chi connectivity index (χ1) is 10.7. The van der Waals surface area contributed by atoms with Crippen molar-refractivity contribution in [3.05, 3.63) is 34.9 Å². The summed E-state index contributed by atoms with van der Waals surface area (Å²) in [5.74, 6) is 0.730. The Kier molecular flexibility index (Phi) is 6.91. The van der Waals surface area contributed by atoms with Crippen LogP contribution in [0.15, 0.2) is 18.2 Å². The third kappa shape index (κ3) is 4.57. The quantitative estimate of drug-likeness (QED) is 0.818. The fourth-order valence-corrected chi connectivity index (χ4v) is 3.74. The number of aryl methyl sites for hydroxylation is 2. The van der Waals surface area contributed by atoms with Crippen LogP contribution < -0.4 is 5.32 Å². The van der Waals surface area contributed by atoms with Crippen molar-refractivity contribution >= 4 is 0 Å². The number of hydrogen-bond donors (Lipinski definition) is 1. The van der Waals surface area contributed by atoms with E-state index in [4.69, 9.17) is 0 Å². The largest absolute Gasteiger partial charge is 0.317 e. The monoisotopic (exact) mass is 302 g/mol. The summed E-state index contributed by atoms with van der Waals surface area (Å²) >= 11 is 0. The molecule has 1 aliphatic rings. The number of nitrogens with zero attached hydrogens (tertiary/aromatic N) is 1. The third-order valence-corrected chi connectivity index (χ3v) is 4.92. The van der Waals surface area contributed by atoms with E-state index < -0.39 is 0 Å². The molecular weight excluding hydrogens is 268 g/mol. The zero-order valence-electron chi connectivity index (χ0n) is 15.0. The lowest BCUT2D eigenvalue weighted by Crippen LogP contribution is -2.44. The zero-order chi connectivity index (χ0) is 15.9. The van der Waals surface area contributed by atoms with Crippen molar-refractivity contribution in [3.8, 4) is 0 Å². The van der Waals surface area contributed by atoms with E-state index in [0.717, 1.165) is 31.3 Å². The summed E-state index contributed by atoms with van der Waals surface area (Å²) < 4.78 is 0. The van der Waals surface area contributed by atoms with Crippen molar-refractivity contribution in [1.29, 1.82) is 0 Å². The molecule has 1 N–H and O–H groups in total. The molecule has 0 saturated carbocycles. The Labute approximate surface area is 137 Å². The van der Waals surface area contributed by atoms with E-state index >= 15 is 0 Å². The Morgan fingerprint density at radius 1 is 1.09 bits per heavy atom. The lowest BCUT2D eigenvalue weighted by Gasteiger charge is -2.36. The SMILES string of the molecule is CCc1cccc(CC)c1CN(CC(C)C)C1CCNCC1. The summed E-state index contributed by atoms with van der Waals surface area (Å²) in [7, 11) is 0. The summed E-state index contributed by atoms with van der Waals surface area (Å²) in [6.45, 7) is 14.0. The van der Waals surface area contributed by atoms with Crippen molar-refractivity contribution < 1.29 is 0 Å². The maximum atomic E-state index is 3.51. The molecular formula is C20H34N2. The summed E-state index contributed by atoms with van der Waals surface area (Å²) in [5, 5.41) is 3.51. The van der Waals surface area contributed by atoms with Gasteiger partial charge in [0, 0.05) is 19.1 Å². The molecule has 0 aliphatic carbocycles. The van der Waals surface area contributed by atoms with Crippen LogP contribution in [0.2, 0.25) is 0 Å². The van der Waals surface area contributed by atoms with Gasteiger partial charge in [0.2, 0.25) is 0 Å². The van der Waals surface area contributed by atoms with Crippen LogP contribution >= 0.6 is 0 Å². The summed E-state index contributed by atoms with van der Waals surface area (Å²) in [6.07, 6.45) is 4.88. The zero-order valence-corrected chi connectivity index (χ0v) is 15.0. The van der Waals surface area contributed by atoms with E-state index in [1.807, 2.05) is 0 Å². The van der Waals surface area contributed by atoms with E-state index in [0.29, 0.717) is 0 Å². The average Bonchev–Trinajstić information content (AvgIpc) is 2.54. The van der Waals surface area contributed by atoms with Crippen LogP contribution in [0.5, 0.6) is 0 Å². The van der Waals surface area contributed by atoms with Crippen molar-refractivity contribution in [3.63, 3.8) is 0 Å². The molecule has 1 aliphatic heterocycles. The van der Waals surface area contributed by atoms with Crippen LogP contribution in [0.4, 0.5) is 0 Å². The maximum Gasteiger partial charge on any atom is 0.0242 e. The Morgan fingerprint density at radius 2 is 1.68 bits per heavy atom. The van der Waals surface area contributed by atoms with Gasteiger partial charge in [-0.2, -0.15) is 0 Å². The Bertz CT molecular complexity index is 425. The molecule has 0 spiro atoms. The van der Waals surface area contributed by atoms with Gasteiger partial charge < -0.3 is 5.32 Å². The van der Waals surface area contributed by atoms with Gasteiger partial charge in [0.15, 0.2) is 0 Å². The number of piperidine rings is 1. The molecule has 0 unspecified atom stereocenters. The van der Waals surface area contributed by atoms with E-state index in [-0.39, 0.29) is 0 Å². The van der Waals surface area contributed by atoms with Crippen molar-refractivity contribution in [2.24, 2.45) is 5.92 Å². The fraction of sp³-hybridized carbons (Fsp3) is 0.700. The highest BCUT2D eigenvalue weighted by molar-refractivity contribution is 5.35. The highest BCUT2D eigenvalue weighted by Gasteiger charge is 2.23.